The fraction of sp³-hybridized carbons (Fsp3) is 0.421. The van der Waals surface area contributed by atoms with Crippen molar-refractivity contribution >= 4 is 38.7 Å². The van der Waals surface area contributed by atoms with Crippen molar-refractivity contribution in [3.8, 4) is 10.4 Å². The molecule has 144 valence electrons. The van der Waals surface area contributed by atoms with Crippen LogP contribution in [0.2, 0.25) is 5.02 Å². The van der Waals surface area contributed by atoms with Crippen LogP contribution in [0.1, 0.15) is 28.6 Å². The topological polar surface area (TPSA) is 57.7 Å². The van der Waals surface area contributed by atoms with Crippen LogP contribution in [-0.2, 0) is 15.6 Å². The summed E-state index contributed by atoms with van der Waals surface area (Å²) in [5, 5.41) is 0.401. The van der Waals surface area contributed by atoms with Crippen LogP contribution < -0.4 is 0 Å². The molecule has 0 aliphatic carbocycles. The monoisotopic (exact) mass is 424 g/mol. The van der Waals surface area contributed by atoms with E-state index in [0.29, 0.717) is 34.1 Å². The zero-order valence-electron chi connectivity index (χ0n) is 15.1. The van der Waals surface area contributed by atoms with Crippen molar-refractivity contribution in [2.24, 2.45) is 0 Å². The van der Waals surface area contributed by atoms with Gasteiger partial charge in [0.25, 0.3) is 5.91 Å². The number of amides is 1. The third-order valence-electron chi connectivity index (χ3n) is 5.09. The number of carbonyl (C=O) groups is 1. The summed E-state index contributed by atoms with van der Waals surface area (Å²) in [6.07, 6.45) is 1.11. The van der Waals surface area contributed by atoms with Crippen molar-refractivity contribution in [2.75, 3.05) is 32.7 Å². The average Bonchev–Trinajstić information content (AvgIpc) is 3.05. The van der Waals surface area contributed by atoms with Gasteiger partial charge in [-0.2, -0.15) is 0 Å². The molecule has 8 heteroatoms. The largest absolute Gasteiger partial charge is 0.335 e. The molecular weight excluding hydrogens is 404 g/mol. The first-order valence-corrected chi connectivity index (χ1v) is 11.9. The minimum atomic E-state index is -3.44. The van der Waals surface area contributed by atoms with Gasteiger partial charge in [-0.3, -0.25) is 9.69 Å². The molecule has 3 heterocycles. The van der Waals surface area contributed by atoms with Crippen LogP contribution in [0, 0.1) is 0 Å². The van der Waals surface area contributed by atoms with Crippen LogP contribution in [0.5, 0.6) is 0 Å². The smallest absolute Gasteiger partial charge is 0.264 e. The molecule has 2 aliphatic rings. The lowest BCUT2D eigenvalue weighted by molar-refractivity contribution is 0.0642. The highest BCUT2D eigenvalue weighted by molar-refractivity contribution is 7.91. The normalized spacial score (nSPS) is 18.8. The SMILES string of the molecule is CCCN1CCN(C(=O)c2cc3c(s2)-c2ccc(Cl)cc2S(=O)(=O)C3)CC1. The van der Waals surface area contributed by atoms with Gasteiger partial charge in [-0.25, -0.2) is 8.42 Å². The van der Waals surface area contributed by atoms with E-state index in [1.165, 1.54) is 17.4 Å². The molecule has 4 rings (SSSR count). The number of halogens is 1. The first-order chi connectivity index (χ1) is 12.9. The second-order valence-corrected chi connectivity index (χ2v) is 10.4. The van der Waals surface area contributed by atoms with E-state index in [1.54, 1.807) is 18.2 Å². The molecule has 0 N–H and O–H groups in total. The molecule has 5 nitrogen and oxygen atoms in total. The quantitative estimate of drug-likeness (QED) is 0.756. The molecule has 1 amide bonds. The predicted molar refractivity (Wildman–Crippen MR) is 108 cm³/mol. The summed E-state index contributed by atoms with van der Waals surface area (Å²) in [6, 6.07) is 6.69. The van der Waals surface area contributed by atoms with E-state index in [2.05, 4.69) is 11.8 Å². The minimum absolute atomic E-state index is 0.00143. The second kappa shape index (κ2) is 7.20. The number of nitrogens with zero attached hydrogens (tertiary/aromatic N) is 2. The Hall–Kier alpha value is -1.41. The highest BCUT2D eigenvalue weighted by Crippen LogP contribution is 2.43. The summed E-state index contributed by atoms with van der Waals surface area (Å²) in [5.74, 6) is -0.0811. The number of hydrogen-bond donors (Lipinski definition) is 0. The van der Waals surface area contributed by atoms with Gasteiger partial charge in [0.2, 0.25) is 0 Å². The van der Waals surface area contributed by atoms with Crippen molar-refractivity contribution in [2.45, 2.75) is 24.0 Å². The maximum atomic E-state index is 13.0. The third kappa shape index (κ3) is 3.53. The van der Waals surface area contributed by atoms with Gasteiger partial charge in [0.15, 0.2) is 9.84 Å². The number of piperazine rings is 1. The van der Waals surface area contributed by atoms with Gasteiger partial charge >= 0.3 is 0 Å². The Balaban J connectivity index is 1.62. The highest BCUT2D eigenvalue weighted by atomic mass is 35.5. The van der Waals surface area contributed by atoms with Gasteiger partial charge in [-0.1, -0.05) is 24.6 Å². The van der Waals surface area contributed by atoms with E-state index in [-0.39, 0.29) is 16.6 Å². The van der Waals surface area contributed by atoms with Crippen molar-refractivity contribution in [3.63, 3.8) is 0 Å². The van der Waals surface area contributed by atoms with Crippen molar-refractivity contribution < 1.29 is 13.2 Å². The molecule has 2 aromatic rings. The van der Waals surface area contributed by atoms with E-state index in [1.807, 2.05) is 4.90 Å². The zero-order chi connectivity index (χ0) is 19.2. The standard InChI is InChI=1S/C19H21ClN2O3S2/c1-2-5-21-6-8-22(9-7-21)19(23)16-10-13-12-27(24,25)17-11-14(20)3-4-15(17)18(13)26-16/h3-4,10-11H,2,5-9,12H2,1H3. The van der Waals surface area contributed by atoms with Crippen LogP contribution in [0.4, 0.5) is 0 Å². The number of carbonyl (C=O) groups excluding carboxylic acids is 1. The van der Waals surface area contributed by atoms with Crippen LogP contribution in [0.3, 0.4) is 0 Å². The Bertz CT molecular complexity index is 992. The number of rotatable bonds is 3. The number of sulfone groups is 1. The van der Waals surface area contributed by atoms with E-state index in [9.17, 15) is 13.2 Å². The molecule has 2 aliphatic heterocycles. The molecule has 0 radical (unpaired) electrons. The van der Waals surface area contributed by atoms with E-state index >= 15 is 0 Å². The van der Waals surface area contributed by atoms with Crippen molar-refractivity contribution in [3.05, 3.63) is 39.7 Å². The van der Waals surface area contributed by atoms with Crippen LogP contribution >= 0.6 is 22.9 Å². The number of benzene rings is 1. The Morgan fingerprint density at radius 3 is 2.63 bits per heavy atom. The lowest BCUT2D eigenvalue weighted by atomic mass is 10.1. The number of thiophene rings is 1. The van der Waals surface area contributed by atoms with Crippen LogP contribution in [0.25, 0.3) is 10.4 Å². The Morgan fingerprint density at radius 1 is 1.19 bits per heavy atom. The fourth-order valence-electron chi connectivity index (χ4n) is 3.74. The van der Waals surface area contributed by atoms with E-state index in [4.69, 9.17) is 11.6 Å². The van der Waals surface area contributed by atoms with E-state index in [0.717, 1.165) is 30.9 Å². The Morgan fingerprint density at radius 2 is 1.93 bits per heavy atom. The van der Waals surface area contributed by atoms with Crippen molar-refractivity contribution in [1.29, 1.82) is 0 Å². The predicted octanol–water partition coefficient (Wildman–Crippen LogP) is 3.52. The van der Waals surface area contributed by atoms with Gasteiger partial charge in [0, 0.05) is 41.6 Å². The lowest BCUT2D eigenvalue weighted by Crippen LogP contribution is -2.48. The molecule has 1 saturated heterocycles. The van der Waals surface area contributed by atoms with Gasteiger partial charge in [-0.05, 0) is 36.7 Å². The maximum absolute atomic E-state index is 13.0. The first-order valence-electron chi connectivity index (χ1n) is 9.06. The van der Waals surface area contributed by atoms with Gasteiger partial charge in [0.05, 0.1) is 15.5 Å². The fourth-order valence-corrected chi connectivity index (χ4v) is 6.92. The number of hydrogen-bond acceptors (Lipinski definition) is 5. The zero-order valence-corrected chi connectivity index (χ0v) is 17.5. The summed E-state index contributed by atoms with van der Waals surface area (Å²) in [5.41, 5.74) is 1.36. The highest BCUT2D eigenvalue weighted by Gasteiger charge is 2.32. The minimum Gasteiger partial charge on any atom is -0.335 e. The summed E-state index contributed by atoms with van der Waals surface area (Å²) in [6.45, 7) is 6.43. The Labute approximate surface area is 168 Å². The molecule has 1 fully saturated rings. The van der Waals surface area contributed by atoms with E-state index < -0.39 is 9.84 Å². The molecule has 0 bridgehead atoms. The summed E-state index contributed by atoms with van der Waals surface area (Å²) < 4.78 is 25.2. The van der Waals surface area contributed by atoms with Gasteiger partial charge in [0.1, 0.15) is 0 Å². The molecule has 27 heavy (non-hydrogen) atoms. The van der Waals surface area contributed by atoms with Gasteiger partial charge < -0.3 is 4.90 Å². The number of fused-ring (bicyclic) bond motifs is 3. The molecule has 0 unspecified atom stereocenters. The second-order valence-electron chi connectivity index (χ2n) is 7.00. The molecule has 0 spiro atoms. The summed E-state index contributed by atoms with van der Waals surface area (Å²) in [4.78, 5) is 18.9. The average molecular weight is 425 g/mol. The van der Waals surface area contributed by atoms with Gasteiger partial charge in [-0.15, -0.1) is 11.3 Å². The molecule has 1 aromatic heterocycles. The third-order valence-corrected chi connectivity index (χ3v) is 8.22. The van der Waals surface area contributed by atoms with Crippen LogP contribution in [-0.4, -0.2) is 56.8 Å². The molecule has 1 aromatic carbocycles. The molecular formula is C19H21ClN2O3S2. The maximum Gasteiger partial charge on any atom is 0.264 e. The molecule has 0 atom stereocenters. The summed E-state index contributed by atoms with van der Waals surface area (Å²) >= 11 is 7.38. The van der Waals surface area contributed by atoms with Crippen LogP contribution in [0.15, 0.2) is 29.2 Å². The lowest BCUT2D eigenvalue weighted by Gasteiger charge is -2.34. The van der Waals surface area contributed by atoms with Crippen molar-refractivity contribution in [1.82, 2.24) is 9.80 Å². The Kier molecular flexibility index (Phi) is 5.05. The first kappa shape index (κ1) is 18.9. The molecule has 0 saturated carbocycles. The summed E-state index contributed by atoms with van der Waals surface area (Å²) in [7, 11) is -3.44.